The number of azo groups is 1. The predicted octanol–water partition coefficient (Wildman–Crippen LogP) is -3.71. The van der Waals surface area contributed by atoms with Crippen molar-refractivity contribution in [3.63, 3.8) is 0 Å². The number of carbonyl (C=O) groups is 1. The molecule has 0 radical (unpaired) electrons. The third-order valence-corrected chi connectivity index (χ3v) is 8.22. The average molecular weight is 683 g/mol. The number of rotatable bonds is 8. The Balaban J connectivity index is 0.00000441. The molecule has 0 saturated heterocycles. The standard InChI is InChI=1S/C22H18N6O9S3.2K/c1-4-14-16(19(24)29)21(30)28(9-11-5-12(39(32,33)34)7-13(6-11)40(35,36)37)22(31)18(14)26-27-20-17(25-3)10(2)15(8-23)38-20;;/h5-7,30H,4,9H2,1-2H3,(H2,24,29)(H,32,33,34)(H,35,36,37);;/q;2*+1/p-2. The summed E-state index contributed by atoms with van der Waals surface area (Å²) in [5, 5.41) is 27.8. The van der Waals surface area contributed by atoms with E-state index in [-0.39, 0.29) is 130 Å². The normalized spacial score (nSPS) is 11.3. The molecule has 42 heavy (non-hydrogen) atoms. The van der Waals surface area contributed by atoms with Crippen molar-refractivity contribution in [1.82, 2.24) is 4.57 Å². The molecule has 3 aromatic rings. The second-order valence-corrected chi connectivity index (χ2v) is 11.7. The third-order valence-electron chi connectivity index (χ3n) is 5.52. The van der Waals surface area contributed by atoms with Gasteiger partial charge in [0.25, 0.3) is 11.5 Å². The Hall–Kier alpha value is -1.19. The quantitative estimate of drug-likeness (QED) is 0.102. The molecule has 0 aliphatic heterocycles. The number of hydrogen-bond donors (Lipinski definition) is 2. The summed E-state index contributed by atoms with van der Waals surface area (Å²) in [6.45, 7) is 9.53. The van der Waals surface area contributed by atoms with Crippen LogP contribution in [0.2, 0.25) is 0 Å². The van der Waals surface area contributed by atoms with Gasteiger partial charge in [0.15, 0.2) is 5.69 Å². The monoisotopic (exact) mass is 682 g/mol. The van der Waals surface area contributed by atoms with Gasteiger partial charge in [0.2, 0.25) is 11.6 Å². The maximum Gasteiger partial charge on any atom is 1.00 e. The molecule has 0 atom stereocenters. The summed E-state index contributed by atoms with van der Waals surface area (Å²) in [5.41, 5.74) is 3.05. The molecule has 3 rings (SSSR count). The Morgan fingerprint density at radius 1 is 1.17 bits per heavy atom. The minimum absolute atomic E-state index is 0. The number of amides is 1. The average Bonchev–Trinajstić information content (AvgIpc) is 3.18. The topological polar surface area (TPSA) is 253 Å². The smallest absolute Gasteiger partial charge is 0.744 e. The molecule has 0 bridgehead atoms. The molecule has 2 heterocycles. The molecule has 208 valence electrons. The zero-order valence-corrected chi connectivity index (χ0v) is 31.1. The minimum Gasteiger partial charge on any atom is -0.744 e. The van der Waals surface area contributed by atoms with E-state index in [1.807, 2.05) is 6.07 Å². The first-order valence-corrected chi connectivity index (χ1v) is 14.3. The molecule has 2 aromatic heterocycles. The number of primary amides is 1. The van der Waals surface area contributed by atoms with Crippen molar-refractivity contribution in [2.45, 2.75) is 36.6 Å². The van der Waals surface area contributed by atoms with Crippen LogP contribution in [0.3, 0.4) is 0 Å². The van der Waals surface area contributed by atoms with E-state index >= 15 is 0 Å². The second kappa shape index (κ2) is 15.2. The van der Waals surface area contributed by atoms with E-state index in [0.717, 1.165) is 11.3 Å². The zero-order chi connectivity index (χ0) is 30.2. The Labute approximate surface area is 328 Å². The third kappa shape index (κ3) is 8.29. The Bertz CT molecular complexity index is 1920. The minimum atomic E-state index is -5.27. The molecule has 0 aliphatic rings. The summed E-state index contributed by atoms with van der Waals surface area (Å²) in [4.78, 5) is 27.0. The summed E-state index contributed by atoms with van der Waals surface area (Å²) in [6, 6.07) is 3.61. The van der Waals surface area contributed by atoms with Gasteiger partial charge in [-0.3, -0.25) is 14.2 Å². The number of nitrogens with two attached hydrogens (primary N) is 1. The number of carbonyl (C=O) groups excluding carboxylic acids is 1. The van der Waals surface area contributed by atoms with Gasteiger partial charge < -0.3 is 19.9 Å². The summed E-state index contributed by atoms with van der Waals surface area (Å²) < 4.78 is 69.8. The molecule has 1 amide bonds. The fourth-order valence-electron chi connectivity index (χ4n) is 3.68. The zero-order valence-electron chi connectivity index (χ0n) is 22.4. The van der Waals surface area contributed by atoms with Crippen LogP contribution in [-0.2, 0) is 33.2 Å². The molecule has 1 aromatic carbocycles. The molecular formula is C22H16K2N6O9S3. The first-order chi connectivity index (χ1) is 18.5. The van der Waals surface area contributed by atoms with Crippen molar-refractivity contribution in [3.05, 3.63) is 67.1 Å². The van der Waals surface area contributed by atoms with Crippen LogP contribution in [0, 0.1) is 24.8 Å². The van der Waals surface area contributed by atoms with Crippen molar-refractivity contribution in [2.75, 3.05) is 0 Å². The molecule has 0 aliphatic carbocycles. The molecule has 15 nitrogen and oxygen atoms in total. The Morgan fingerprint density at radius 3 is 2.14 bits per heavy atom. The molecule has 0 unspecified atom stereocenters. The predicted molar refractivity (Wildman–Crippen MR) is 136 cm³/mol. The van der Waals surface area contributed by atoms with Crippen LogP contribution in [0.5, 0.6) is 5.88 Å². The van der Waals surface area contributed by atoms with Gasteiger partial charge in [0.1, 0.15) is 36.9 Å². The summed E-state index contributed by atoms with van der Waals surface area (Å²) in [6.07, 6.45) is -0.0681. The van der Waals surface area contributed by atoms with Crippen LogP contribution in [0.4, 0.5) is 16.4 Å². The molecular weight excluding hydrogens is 667 g/mol. The number of nitrogens with zero attached hydrogens (tertiary/aromatic N) is 5. The number of aromatic nitrogens is 1. The molecule has 0 saturated carbocycles. The van der Waals surface area contributed by atoms with Crippen LogP contribution in [-0.4, -0.2) is 41.5 Å². The van der Waals surface area contributed by atoms with Gasteiger partial charge in [-0.15, -0.1) is 16.5 Å². The molecule has 20 heteroatoms. The van der Waals surface area contributed by atoms with Gasteiger partial charge in [0, 0.05) is 5.56 Å². The van der Waals surface area contributed by atoms with Crippen molar-refractivity contribution < 1.29 is 139 Å². The maximum atomic E-state index is 13.4. The molecule has 3 N–H and O–H groups in total. The van der Waals surface area contributed by atoms with Crippen molar-refractivity contribution in [2.24, 2.45) is 16.0 Å². The first-order valence-electron chi connectivity index (χ1n) is 10.7. The number of pyridine rings is 1. The number of thiophene rings is 1. The van der Waals surface area contributed by atoms with E-state index < -0.39 is 70.7 Å². The van der Waals surface area contributed by atoms with Crippen LogP contribution >= 0.6 is 11.3 Å². The van der Waals surface area contributed by atoms with Gasteiger partial charge in [-0.1, -0.05) is 6.92 Å². The largest absolute Gasteiger partial charge is 1.00 e. The molecule has 0 fully saturated rings. The Kier molecular flexibility index (Phi) is 14.1. The van der Waals surface area contributed by atoms with E-state index in [0.29, 0.717) is 28.3 Å². The van der Waals surface area contributed by atoms with Crippen molar-refractivity contribution in [3.8, 4) is 11.9 Å². The van der Waals surface area contributed by atoms with Gasteiger partial charge in [-0.05, 0) is 42.7 Å². The number of aromatic hydroxyl groups is 1. The van der Waals surface area contributed by atoms with Crippen LogP contribution in [0.1, 0.15) is 38.8 Å². The van der Waals surface area contributed by atoms with Crippen molar-refractivity contribution >= 4 is 53.9 Å². The fraction of sp³-hybridized carbons (Fsp3) is 0.182. The van der Waals surface area contributed by atoms with E-state index in [1.165, 1.54) is 13.8 Å². The second-order valence-electron chi connectivity index (χ2n) is 7.99. The SMILES string of the molecule is [C-]#[N+]c1c(N=Nc2c(CC)c(C(N)=O)c(O)n(Cc3cc(S(=O)(=O)[O-])cc(S(=O)(=O)[O-])c3)c2=O)sc(C#N)c1C.[K+].[K+]. The van der Waals surface area contributed by atoms with Gasteiger partial charge in [-0.25, -0.2) is 21.7 Å². The van der Waals surface area contributed by atoms with Crippen LogP contribution in [0.25, 0.3) is 4.85 Å². The summed E-state index contributed by atoms with van der Waals surface area (Å²) >= 11 is 0.819. The maximum absolute atomic E-state index is 13.4. The number of hydrogen-bond acceptors (Lipinski definition) is 13. The van der Waals surface area contributed by atoms with E-state index in [9.17, 15) is 45.9 Å². The summed E-state index contributed by atoms with van der Waals surface area (Å²) in [5.74, 6) is -2.19. The molecule has 0 spiro atoms. The van der Waals surface area contributed by atoms with Gasteiger partial charge >= 0.3 is 103 Å². The summed E-state index contributed by atoms with van der Waals surface area (Å²) in [7, 11) is -10.5. The van der Waals surface area contributed by atoms with E-state index in [1.54, 1.807) is 0 Å². The fourth-order valence-corrected chi connectivity index (χ4v) is 5.75. The Morgan fingerprint density at radius 2 is 1.71 bits per heavy atom. The van der Waals surface area contributed by atoms with Gasteiger partial charge in [-0.2, -0.15) is 10.4 Å². The number of benzene rings is 1. The van der Waals surface area contributed by atoms with E-state index in [2.05, 4.69) is 15.1 Å². The van der Waals surface area contributed by atoms with Crippen LogP contribution < -0.4 is 114 Å². The first kappa shape index (κ1) is 38.8. The van der Waals surface area contributed by atoms with Crippen molar-refractivity contribution in [1.29, 1.82) is 5.26 Å². The van der Waals surface area contributed by atoms with E-state index in [4.69, 9.17) is 12.3 Å². The van der Waals surface area contributed by atoms with Crippen LogP contribution in [0.15, 0.2) is 43.0 Å². The van der Waals surface area contributed by atoms with Gasteiger partial charge in [0.05, 0.1) is 27.8 Å². The number of nitriles is 1.